The Labute approximate surface area is 114 Å². The van der Waals surface area contributed by atoms with Crippen LogP contribution in [-0.2, 0) is 0 Å². The Morgan fingerprint density at radius 2 is 2.11 bits per heavy atom. The molecule has 0 spiro atoms. The van der Waals surface area contributed by atoms with E-state index in [0.29, 0.717) is 12.0 Å². The fourth-order valence-electron chi connectivity index (χ4n) is 2.97. The molecule has 0 aromatic heterocycles. The average Bonchev–Trinajstić information content (AvgIpc) is 2.41. The molecule has 0 amide bonds. The lowest BCUT2D eigenvalue weighted by Gasteiger charge is -2.32. The number of nitrogens with zero attached hydrogens (tertiary/aromatic N) is 1. The molecular weight excluding hydrogens is 240 g/mol. The summed E-state index contributed by atoms with van der Waals surface area (Å²) < 4.78 is 0. The molecular formula is C15H22N2O2. The van der Waals surface area contributed by atoms with E-state index < -0.39 is 0 Å². The van der Waals surface area contributed by atoms with Crippen molar-refractivity contribution < 1.29 is 4.92 Å². The van der Waals surface area contributed by atoms with Crippen molar-refractivity contribution in [3.63, 3.8) is 0 Å². The van der Waals surface area contributed by atoms with Gasteiger partial charge in [0, 0.05) is 23.9 Å². The molecule has 0 radical (unpaired) electrons. The van der Waals surface area contributed by atoms with Crippen LogP contribution in [0.1, 0.15) is 44.6 Å². The molecule has 104 valence electrons. The number of nitro groups is 1. The number of aryl methyl sites for hydroxylation is 1. The highest BCUT2D eigenvalue weighted by molar-refractivity contribution is 5.57. The first-order chi connectivity index (χ1) is 9.11. The monoisotopic (exact) mass is 262 g/mol. The summed E-state index contributed by atoms with van der Waals surface area (Å²) in [4.78, 5) is 10.5. The lowest BCUT2D eigenvalue weighted by molar-refractivity contribution is -0.384. The van der Waals surface area contributed by atoms with E-state index in [9.17, 15) is 10.1 Å². The lowest BCUT2D eigenvalue weighted by Crippen LogP contribution is -2.32. The summed E-state index contributed by atoms with van der Waals surface area (Å²) >= 11 is 0. The maximum atomic E-state index is 10.9. The Kier molecular flexibility index (Phi) is 4.40. The largest absolute Gasteiger partial charge is 0.382 e. The van der Waals surface area contributed by atoms with Gasteiger partial charge in [-0.1, -0.05) is 32.3 Å². The van der Waals surface area contributed by atoms with Gasteiger partial charge in [-0.3, -0.25) is 10.1 Å². The molecule has 4 nitrogen and oxygen atoms in total. The summed E-state index contributed by atoms with van der Waals surface area (Å²) in [5.74, 6) is 0.687. The fourth-order valence-corrected chi connectivity index (χ4v) is 2.97. The minimum atomic E-state index is -0.331. The first kappa shape index (κ1) is 13.8. The smallest absolute Gasteiger partial charge is 0.271 e. The maximum Gasteiger partial charge on any atom is 0.271 e. The molecule has 1 fully saturated rings. The number of rotatable bonds is 4. The van der Waals surface area contributed by atoms with Crippen LogP contribution in [0.3, 0.4) is 0 Å². The number of anilines is 1. The normalized spacial score (nSPS) is 23.1. The van der Waals surface area contributed by atoms with Crippen LogP contribution in [0.25, 0.3) is 0 Å². The zero-order valence-corrected chi connectivity index (χ0v) is 11.7. The highest BCUT2D eigenvalue weighted by Crippen LogP contribution is 2.31. The van der Waals surface area contributed by atoms with E-state index in [0.717, 1.165) is 11.3 Å². The Morgan fingerprint density at radius 1 is 1.37 bits per heavy atom. The van der Waals surface area contributed by atoms with Crippen LogP contribution in [0, 0.1) is 23.0 Å². The van der Waals surface area contributed by atoms with Crippen LogP contribution in [0.15, 0.2) is 18.2 Å². The van der Waals surface area contributed by atoms with Crippen molar-refractivity contribution in [2.24, 2.45) is 5.92 Å². The Hall–Kier alpha value is -1.58. The van der Waals surface area contributed by atoms with Gasteiger partial charge in [-0.15, -0.1) is 0 Å². The summed E-state index contributed by atoms with van der Waals surface area (Å²) in [7, 11) is 0. The summed E-state index contributed by atoms with van der Waals surface area (Å²) in [5.41, 5.74) is 2.16. The lowest BCUT2D eigenvalue weighted by atomic mass is 9.82. The van der Waals surface area contributed by atoms with Gasteiger partial charge in [0.25, 0.3) is 5.69 Å². The van der Waals surface area contributed by atoms with E-state index in [1.54, 1.807) is 12.1 Å². The number of nitro benzene ring substituents is 1. The molecule has 1 saturated carbocycles. The maximum absolute atomic E-state index is 10.9. The fraction of sp³-hybridized carbons (Fsp3) is 0.600. The Bertz CT molecular complexity index is 459. The Morgan fingerprint density at radius 3 is 2.79 bits per heavy atom. The minimum Gasteiger partial charge on any atom is -0.382 e. The predicted molar refractivity (Wildman–Crippen MR) is 77.5 cm³/mol. The topological polar surface area (TPSA) is 55.2 Å². The van der Waals surface area contributed by atoms with Crippen LogP contribution in [0.2, 0.25) is 0 Å². The van der Waals surface area contributed by atoms with Crippen molar-refractivity contribution in [2.75, 3.05) is 5.32 Å². The molecule has 1 aliphatic rings. The van der Waals surface area contributed by atoms with Crippen molar-refractivity contribution in [1.82, 2.24) is 0 Å². The quantitative estimate of drug-likeness (QED) is 0.650. The second-order valence-electron chi connectivity index (χ2n) is 5.46. The molecule has 1 aromatic rings. The number of benzene rings is 1. The van der Waals surface area contributed by atoms with Crippen molar-refractivity contribution >= 4 is 11.4 Å². The van der Waals surface area contributed by atoms with Gasteiger partial charge in [0.15, 0.2) is 0 Å². The highest BCUT2D eigenvalue weighted by atomic mass is 16.6. The van der Waals surface area contributed by atoms with Crippen LogP contribution < -0.4 is 5.32 Å². The predicted octanol–water partition coefficient (Wildman–Crippen LogP) is 4.28. The first-order valence-corrected chi connectivity index (χ1v) is 7.13. The van der Waals surface area contributed by atoms with Gasteiger partial charge in [0.2, 0.25) is 0 Å². The third kappa shape index (κ3) is 3.25. The molecule has 2 rings (SSSR count). The zero-order valence-electron chi connectivity index (χ0n) is 11.7. The summed E-state index contributed by atoms with van der Waals surface area (Å²) in [6, 6.07) is 5.51. The molecule has 1 aromatic carbocycles. The molecule has 0 saturated heterocycles. The molecule has 1 N–H and O–H groups in total. The van der Waals surface area contributed by atoms with Crippen LogP contribution >= 0.6 is 0 Å². The molecule has 2 atom stereocenters. The molecule has 19 heavy (non-hydrogen) atoms. The van der Waals surface area contributed by atoms with Gasteiger partial charge in [-0.25, -0.2) is 0 Å². The number of nitrogens with one attached hydrogen (secondary N) is 1. The van der Waals surface area contributed by atoms with Crippen LogP contribution in [0.5, 0.6) is 0 Å². The second kappa shape index (κ2) is 6.04. The average molecular weight is 262 g/mol. The van der Waals surface area contributed by atoms with Gasteiger partial charge in [-0.2, -0.15) is 0 Å². The van der Waals surface area contributed by atoms with Crippen molar-refractivity contribution in [3.8, 4) is 0 Å². The summed E-state index contributed by atoms with van der Waals surface area (Å²) in [5, 5.41) is 14.4. The standard InChI is InChI=1S/C15H22N2O2/c1-3-12-6-4-5-7-14(12)16-15-10-13(17(18)19)9-8-11(15)2/h8-10,12,14,16H,3-7H2,1-2H3. The second-order valence-corrected chi connectivity index (χ2v) is 5.46. The molecule has 0 aliphatic heterocycles. The van der Waals surface area contributed by atoms with E-state index in [1.165, 1.54) is 32.1 Å². The molecule has 4 heteroatoms. The van der Waals surface area contributed by atoms with Gasteiger partial charge in [0.1, 0.15) is 0 Å². The highest BCUT2D eigenvalue weighted by Gasteiger charge is 2.24. The van der Waals surface area contributed by atoms with Gasteiger partial charge >= 0.3 is 0 Å². The zero-order chi connectivity index (χ0) is 13.8. The summed E-state index contributed by atoms with van der Waals surface area (Å²) in [6.07, 6.45) is 6.17. The molecule has 2 unspecified atom stereocenters. The van der Waals surface area contributed by atoms with Crippen molar-refractivity contribution in [2.45, 2.75) is 52.0 Å². The van der Waals surface area contributed by atoms with Gasteiger partial charge in [0.05, 0.1) is 4.92 Å². The van der Waals surface area contributed by atoms with E-state index in [1.807, 2.05) is 13.0 Å². The number of hydrogen-bond donors (Lipinski definition) is 1. The van der Waals surface area contributed by atoms with Crippen molar-refractivity contribution in [3.05, 3.63) is 33.9 Å². The van der Waals surface area contributed by atoms with Gasteiger partial charge < -0.3 is 5.32 Å². The van der Waals surface area contributed by atoms with E-state index in [-0.39, 0.29) is 10.6 Å². The van der Waals surface area contributed by atoms with E-state index in [4.69, 9.17) is 0 Å². The third-order valence-electron chi connectivity index (χ3n) is 4.21. The van der Waals surface area contributed by atoms with Crippen molar-refractivity contribution in [1.29, 1.82) is 0 Å². The first-order valence-electron chi connectivity index (χ1n) is 7.13. The number of non-ortho nitro benzene ring substituents is 1. The minimum absolute atomic E-state index is 0.164. The van der Waals surface area contributed by atoms with E-state index >= 15 is 0 Å². The summed E-state index contributed by atoms with van der Waals surface area (Å²) in [6.45, 7) is 4.22. The third-order valence-corrected chi connectivity index (χ3v) is 4.21. The molecule has 0 bridgehead atoms. The van der Waals surface area contributed by atoms with Gasteiger partial charge in [-0.05, 0) is 31.2 Å². The Balaban J connectivity index is 2.17. The van der Waals surface area contributed by atoms with Crippen LogP contribution in [-0.4, -0.2) is 11.0 Å². The van der Waals surface area contributed by atoms with E-state index in [2.05, 4.69) is 12.2 Å². The van der Waals surface area contributed by atoms with Crippen LogP contribution in [0.4, 0.5) is 11.4 Å². The molecule has 1 aliphatic carbocycles. The SMILES string of the molecule is CCC1CCCCC1Nc1cc([N+](=O)[O-])ccc1C. The number of hydrogen-bond acceptors (Lipinski definition) is 3. The molecule has 0 heterocycles.